The third-order valence-corrected chi connectivity index (χ3v) is 3.78. The minimum absolute atomic E-state index is 0.155. The number of piperidine rings is 1. The molecule has 3 nitrogen and oxygen atoms in total. The highest BCUT2D eigenvalue weighted by Gasteiger charge is 2.30. The Bertz CT molecular complexity index is 192. The fourth-order valence-electron chi connectivity index (χ4n) is 2.25. The Hall–Kier alpha value is -0.120. The summed E-state index contributed by atoms with van der Waals surface area (Å²) in [6.07, 6.45) is 2.29. The summed E-state index contributed by atoms with van der Waals surface area (Å²) in [5.74, 6) is 0.330. The van der Waals surface area contributed by atoms with E-state index in [2.05, 4.69) is 11.8 Å². The molecule has 2 atom stereocenters. The van der Waals surface area contributed by atoms with Crippen LogP contribution in [0.25, 0.3) is 0 Å². The van der Waals surface area contributed by atoms with Gasteiger partial charge in [0.1, 0.15) is 0 Å². The van der Waals surface area contributed by atoms with Crippen LogP contribution in [0.3, 0.4) is 0 Å². The van der Waals surface area contributed by atoms with E-state index in [-0.39, 0.29) is 6.10 Å². The summed E-state index contributed by atoms with van der Waals surface area (Å²) in [5.41, 5.74) is -0.540. The Morgan fingerprint density at radius 3 is 2.40 bits per heavy atom. The molecule has 0 aromatic carbocycles. The molecule has 3 heteroatoms. The zero-order valence-electron chi connectivity index (χ0n) is 10.2. The standard InChI is InChI=1S/C12H25NO2/c1-4-12(15,5-2)9-13-7-6-11(14)10(3)8-13/h10-11,14-15H,4-9H2,1-3H3. The number of likely N-dealkylation sites (tertiary alicyclic amines) is 1. The van der Waals surface area contributed by atoms with Gasteiger partial charge >= 0.3 is 0 Å². The van der Waals surface area contributed by atoms with Crippen molar-refractivity contribution in [1.29, 1.82) is 0 Å². The fourth-order valence-corrected chi connectivity index (χ4v) is 2.25. The molecule has 1 aliphatic heterocycles. The van der Waals surface area contributed by atoms with E-state index in [9.17, 15) is 10.2 Å². The molecule has 1 rings (SSSR count). The van der Waals surface area contributed by atoms with Gasteiger partial charge in [0.15, 0.2) is 0 Å². The van der Waals surface area contributed by atoms with E-state index in [1.165, 1.54) is 0 Å². The van der Waals surface area contributed by atoms with Gasteiger partial charge in [-0.1, -0.05) is 20.8 Å². The molecule has 90 valence electrons. The molecule has 2 unspecified atom stereocenters. The number of aliphatic hydroxyl groups is 2. The molecule has 1 saturated heterocycles. The Labute approximate surface area is 93.1 Å². The van der Waals surface area contributed by atoms with Crippen LogP contribution in [-0.4, -0.2) is 46.5 Å². The second-order valence-electron chi connectivity index (χ2n) is 5.00. The van der Waals surface area contributed by atoms with Crippen LogP contribution in [0, 0.1) is 5.92 Å². The van der Waals surface area contributed by atoms with Crippen molar-refractivity contribution < 1.29 is 10.2 Å². The van der Waals surface area contributed by atoms with Crippen LogP contribution < -0.4 is 0 Å². The van der Waals surface area contributed by atoms with Gasteiger partial charge in [0.25, 0.3) is 0 Å². The second-order valence-corrected chi connectivity index (χ2v) is 5.00. The van der Waals surface area contributed by atoms with Gasteiger partial charge in [0.05, 0.1) is 11.7 Å². The Balaban J connectivity index is 2.45. The SMILES string of the molecule is CCC(O)(CC)CN1CCC(O)C(C)C1. The van der Waals surface area contributed by atoms with Crippen molar-refractivity contribution in [2.45, 2.75) is 51.7 Å². The molecule has 1 fully saturated rings. The molecular weight excluding hydrogens is 190 g/mol. The molecule has 2 N–H and O–H groups in total. The summed E-state index contributed by atoms with van der Waals surface area (Å²) >= 11 is 0. The topological polar surface area (TPSA) is 43.7 Å². The van der Waals surface area contributed by atoms with Crippen LogP contribution in [0.5, 0.6) is 0 Å². The van der Waals surface area contributed by atoms with Gasteiger partial charge in [-0.2, -0.15) is 0 Å². The van der Waals surface area contributed by atoms with Crippen molar-refractivity contribution in [3.05, 3.63) is 0 Å². The average Bonchev–Trinajstić information content (AvgIpc) is 2.23. The quantitative estimate of drug-likeness (QED) is 0.741. The van der Waals surface area contributed by atoms with Gasteiger partial charge in [0, 0.05) is 19.6 Å². The van der Waals surface area contributed by atoms with Crippen molar-refractivity contribution in [2.75, 3.05) is 19.6 Å². The Kier molecular flexibility index (Phi) is 4.56. The summed E-state index contributed by atoms with van der Waals surface area (Å²) in [6.45, 7) is 8.71. The maximum atomic E-state index is 10.2. The predicted molar refractivity (Wildman–Crippen MR) is 61.8 cm³/mol. The maximum absolute atomic E-state index is 10.2. The molecule has 0 bridgehead atoms. The minimum Gasteiger partial charge on any atom is -0.393 e. The number of hydrogen-bond acceptors (Lipinski definition) is 3. The van der Waals surface area contributed by atoms with E-state index in [1.54, 1.807) is 0 Å². The van der Waals surface area contributed by atoms with Gasteiger partial charge in [-0.3, -0.25) is 0 Å². The first-order valence-electron chi connectivity index (χ1n) is 6.13. The first-order valence-corrected chi connectivity index (χ1v) is 6.13. The Morgan fingerprint density at radius 1 is 1.33 bits per heavy atom. The molecule has 15 heavy (non-hydrogen) atoms. The van der Waals surface area contributed by atoms with Crippen LogP contribution in [-0.2, 0) is 0 Å². The highest BCUT2D eigenvalue weighted by atomic mass is 16.3. The highest BCUT2D eigenvalue weighted by molar-refractivity contribution is 4.84. The van der Waals surface area contributed by atoms with Gasteiger partial charge in [-0.25, -0.2) is 0 Å². The number of aliphatic hydroxyl groups excluding tert-OH is 1. The monoisotopic (exact) mass is 215 g/mol. The third-order valence-electron chi connectivity index (χ3n) is 3.78. The van der Waals surface area contributed by atoms with Crippen molar-refractivity contribution in [1.82, 2.24) is 4.90 Å². The number of hydrogen-bond donors (Lipinski definition) is 2. The average molecular weight is 215 g/mol. The van der Waals surface area contributed by atoms with Crippen LogP contribution in [0.2, 0.25) is 0 Å². The third kappa shape index (κ3) is 3.44. The molecule has 0 aliphatic carbocycles. The van der Waals surface area contributed by atoms with E-state index in [0.29, 0.717) is 5.92 Å². The summed E-state index contributed by atoms with van der Waals surface area (Å²) in [7, 11) is 0. The number of rotatable bonds is 4. The van der Waals surface area contributed by atoms with Crippen LogP contribution in [0.1, 0.15) is 40.0 Å². The normalized spacial score (nSPS) is 29.4. The second kappa shape index (κ2) is 5.28. The summed E-state index contributed by atoms with van der Waals surface area (Å²) in [4.78, 5) is 2.28. The highest BCUT2D eigenvalue weighted by Crippen LogP contribution is 2.22. The Morgan fingerprint density at radius 2 is 1.93 bits per heavy atom. The van der Waals surface area contributed by atoms with E-state index < -0.39 is 5.60 Å². The van der Waals surface area contributed by atoms with Crippen LogP contribution in [0.15, 0.2) is 0 Å². The molecule has 0 aromatic heterocycles. The zero-order valence-corrected chi connectivity index (χ0v) is 10.2. The van der Waals surface area contributed by atoms with Gasteiger partial charge < -0.3 is 15.1 Å². The molecule has 0 saturated carbocycles. The lowest BCUT2D eigenvalue weighted by atomic mass is 9.92. The molecule has 0 aromatic rings. The largest absolute Gasteiger partial charge is 0.393 e. The van der Waals surface area contributed by atoms with E-state index >= 15 is 0 Å². The lowest BCUT2D eigenvalue weighted by Gasteiger charge is -2.39. The van der Waals surface area contributed by atoms with E-state index in [4.69, 9.17) is 0 Å². The maximum Gasteiger partial charge on any atom is 0.0768 e. The van der Waals surface area contributed by atoms with Crippen molar-refractivity contribution >= 4 is 0 Å². The summed E-state index contributed by atoms with van der Waals surface area (Å²) < 4.78 is 0. The fraction of sp³-hybridized carbons (Fsp3) is 1.00. The van der Waals surface area contributed by atoms with Gasteiger partial charge in [-0.05, 0) is 25.2 Å². The molecular formula is C12H25NO2. The van der Waals surface area contributed by atoms with Gasteiger partial charge in [0.2, 0.25) is 0 Å². The van der Waals surface area contributed by atoms with Crippen molar-refractivity contribution in [3.63, 3.8) is 0 Å². The lowest BCUT2D eigenvalue weighted by molar-refractivity contribution is -0.0340. The number of nitrogens with zero attached hydrogens (tertiary/aromatic N) is 1. The smallest absolute Gasteiger partial charge is 0.0768 e. The van der Waals surface area contributed by atoms with Crippen molar-refractivity contribution in [3.8, 4) is 0 Å². The minimum atomic E-state index is -0.540. The summed E-state index contributed by atoms with van der Waals surface area (Å²) in [6, 6.07) is 0. The van der Waals surface area contributed by atoms with E-state index in [0.717, 1.165) is 38.9 Å². The molecule has 1 aliphatic rings. The van der Waals surface area contributed by atoms with Crippen LogP contribution >= 0.6 is 0 Å². The molecule has 0 amide bonds. The van der Waals surface area contributed by atoms with Crippen LogP contribution in [0.4, 0.5) is 0 Å². The predicted octanol–water partition coefficient (Wildman–Crippen LogP) is 1.24. The molecule has 0 radical (unpaired) electrons. The van der Waals surface area contributed by atoms with Crippen molar-refractivity contribution in [2.24, 2.45) is 5.92 Å². The van der Waals surface area contributed by atoms with Gasteiger partial charge in [-0.15, -0.1) is 0 Å². The first kappa shape index (κ1) is 12.9. The first-order chi connectivity index (χ1) is 7.00. The van der Waals surface area contributed by atoms with E-state index in [1.807, 2.05) is 13.8 Å². The molecule has 1 heterocycles. The number of β-amino-alcohol motifs (C(OH)–C–C–N with tert-alkyl or cyclic N) is 1. The summed E-state index contributed by atoms with van der Waals surface area (Å²) in [5, 5.41) is 19.8. The lowest BCUT2D eigenvalue weighted by Crippen LogP contribution is -2.49. The zero-order chi connectivity index (χ0) is 11.5. The molecule has 0 spiro atoms.